The molecule has 10 heteroatoms. The lowest BCUT2D eigenvalue weighted by Crippen LogP contribution is -2.29. The number of phosphoric acid groups is 1. The van der Waals surface area contributed by atoms with Gasteiger partial charge >= 0.3 is 19.8 Å². The third-order valence-electron chi connectivity index (χ3n) is 7.82. The van der Waals surface area contributed by atoms with Crippen LogP contribution in [0.4, 0.5) is 0 Å². The van der Waals surface area contributed by atoms with Crippen LogP contribution in [0.5, 0.6) is 0 Å². The minimum absolute atomic E-state index is 0.129. The van der Waals surface area contributed by atoms with Crippen molar-refractivity contribution in [2.45, 2.75) is 148 Å². The van der Waals surface area contributed by atoms with Crippen LogP contribution in [0.2, 0.25) is 0 Å². The molecule has 1 aliphatic rings. The van der Waals surface area contributed by atoms with Gasteiger partial charge in [0, 0.05) is 12.8 Å². The first-order valence-electron chi connectivity index (χ1n) is 19.0. The summed E-state index contributed by atoms with van der Waals surface area (Å²) in [5.74, 6) is -1.02. The summed E-state index contributed by atoms with van der Waals surface area (Å²) in [6.07, 6.45) is 44.7. The van der Waals surface area contributed by atoms with Gasteiger partial charge in [-0.1, -0.05) is 112 Å². The average Bonchev–Trinajstić information content (AvgIpc) is 3.85. The molecule has 9 nitrogen and oxygen atoms in total. The Morgan fingerprint density at radius 2 is 1.18 bits per heavy atom. The van der Waals surface area contributed by atoms with Crippen molar-refractivity contribution in [1.82, 2.24) is 0 Å². The summed E-state index contributed by atoms with van der Waals surface area (Å²) in [7, 11) is -4.79. The van der Waals surface area contributed by atoms with Gasteiger partial charge in [-0.3, -0.25) is 14.1 Å². The summed E-state index contributed by atoms with van der Waals surface area (Å²) < 4.78 is 32.0. The SMILES string of the molecule is CC/C=C\C/C=C\C/C=C\C/C=C\CCCCC(=O)O[C@H](COC(=O)CCCC1OC1C/C=C\C/C=C\C/C=C\CCCCC)COP(=O)(O)O. The van der Waals surface area contributed by atoms with Gasteiger partial charge in [0.25, 0.3) is 0 Å². The standard InChI is InChI=1S/C41H65O9P/c1-3-5-7-9-11-13-15-17-18-19-21-23-25-27-29-33-41(43)49-37(36-48-51(44,45)46)35-47-40(42)34-30-32-39-38(50-39)31-28-26-24-22-20-16-14-12-10-8-6-4-2/h5,7,11-14,17-18,20-23,26,28,37-39H,3-4,6,8-10,15-16,19,24-25,27,29-36H2,1-2H3,(H2,44,45,46)/b7-5-,13-11-,14-12-,18-17-,22-20-,23-21-,28-26-/t37-,38?,39?/m1/s1. The molecule has 0 saturated carbocycles. The highest BCUT2D eigenvalue weighted by atomic mass is 31.2. The number of rotatable bonds is 32. The minimum atomic E-state index is -4.79. The van der Waals surface area contributed by atoms with E-state index in [9.17, 15) is 14.2 Å². The van der Waals surface area contributed by atoms with Gasteiger partial charge in [0.15, 0.2) is 6.10 Å². The van der Waals surface area contributed by atoms with Gasteiger partial charge in [-0.15, -0.1) is 0 Å². The van der Waals surface area contributed by atoms with Crippen LogP contribution in [0.1, 0.15) is 129 Å². The van der Waals surface area contributed by atoms with Crippen LogP contribution < -0.4 is 0 Å². The molecular weight excluding hydrogens is 667 g/mol. The Hall–Kier alpha value is -2.81. The molecule has 0 bridgehead atoms. The number of unbranched alkanes of at least 4 members (excludes halogenated alkanes) is 5. The van der Waals surface area contributed by atoms with Gasteiger partial charge in [0.05, 0.1) is 18.8 Å². The second-order valence-electron chi connectivity index (χ2n) is 12.6. The molecule has 2 unspecified atom stereocenters. The predicted octanol–water partition coefficient (Wildman–Crippen LogP) is 10.3. The number of epoxide rings is 1. The zero-order chi connectivity index (χ0) is 37.3. The molecule has 3 atom stereocenters. The Morgan fingerprint density at radius 3 is 1.75 bits per heavy atom. The zero-order valence-corrected chi connectivity index (χ0v) is 32.1. The number of hydrogen-bond acceptors (Lipinski definition) is 7. The highest BCUT2D eigenvalue weighted by Crippen LogP contribution is 2.36. The third-order valence-corrected chi connectivity index (χ3v) is 8.31. The van der Waals surface area contributed by atoms with Crippen molar-refractivity contribution >= 4 is 19.8 Å². The van der Waals surface area contributed by atoms with Crippen molar-refractivity contribution in [3.63, 3.8) is 0 Å². The topological polar surface area (TPSA) is 132 Å². The van der Waals surface area contributed by atoms with E-state index in [1.807, 2.05) is 0 Å². The molecule has 51 heavy (non-hydrogen) atoms. The van der Waals surface area contributed by atoms with E-state index in [-0.39, 0.29) is 31.7 Å². The van der Waals surface area contributed by atoms with E-state index < -0.39 is 32.5 Å². The van der Waals surface area contributed by atoms with Crippen LogP contribution in [-0.2, 0) is 32.9 Å². The van der Waals surface area contributed by atoms with Gasteiger partial charge in [0.2, 0.25) is 0 Å². The maximum absolute atomic E-state index is 12.4. The van der Waals surface area contributed by atoms with Gasteiger partial charge in [-0.25, -0.2) is 4.57 Å². The van der Waals surface area contributed by atoms with Crippen molar-refractivity contribution in [3.8, 4) is 0 Å². The zero-order valence-electron chi connectivity index (χ0n) is 31.2. The Labute approximate surface area is 307 Å². The molecule has 0 aromatic heterocycles. The fourth-order valence-electron chi connectivity index (χ4n) is 4.92. The molecule has 0 aliphatic carbocycles. The van der Waals surface area contributed by atoms with Crippen molar-refractivity contribution in [3.05, 3.63) is 85.1 Å². The largest absolute Gasteiger partial charge is 0.469 e. The van der Waals surface area contributed by atoms with Crippen LogP contribution in [-0.4, -0.2) is 53.3 Å². The smallest absolute Gasteiger partial charge is 0.462 e. The molecule has 1 saturated heterocycles. The normalized spacial score (nSPS) is 17.4. The highest BCUT2D eigenvalue weighted by Gasteiger charge is 2.36. The monoisotopic (exact) mass is 732 g/mol. The van der Waals surface area contributed by atoms with Crippen molar-refractivity contribution in [1.29, 1.82) is 0 Å². The Kier molecular flexibility index (Phi) is 28.9. The van der Waals surface area contributed by atoms with Gasteiger partial charge in [0.1, 0.15) is 6.61 Å². The summed E-state index contributed by atoms with van der Waals surface area (Å²) in [6, 6.07) is 0. The molecule has 2 N–H and O–H groups in total. The molecule has 1 rings (SSSR count). The fraction of sp³-hybridized carbons (Fsp3) is 0.610. The maximum Gasteiger partial charge on any atom is 0.469 e. The number of allylic oxidation sites excluding steroid dienone is 13. The van der Waals surface area contributed by atoms with Crippen molar-refractivity contribution < 1.29 is 42.7 Å². The third kappa shape index (κ3) is 31.6. The van der Waals surface area contributed by atoms with Crippen LogP contribution in [0, 0.1) is 0 Å². The fourth-order valence-corrected chi connectivity index (χ4v) is 5.28. The molecule has 1 aliphatic heterocycles. The molecule has 0 aromatic carbocycles. The number of ether oxygens (including phenoxy) is 3. The summed E-state index contributed by atoms with van der Waals surface area (Å²) >= 11 is 0. The predicted molar refractivity (Wildman–Crippen MR) is 206 cm³/mol. The van der Waals surface area contributed by atoms with E-state index in [2.05, 4.69) is 103 Å². The van der Waals surface area contributed by atoms with Crippen LogP contribution in [0.15, 0.2) is 85.1 Å². The lowest BCUT2D eigenvalue weighted by atomic mass is 10.1. The molecule has 0 aromatic rings. The Balaban J connectivity index is 2.20. The van der Waals surface area contributed by atoms with E-state index in [1.54, 1.807) is 0 Å². The van der Waals surface area contributed by atoms with E-state index in [0.717, 1.165) is 70.6 Å². The molecule has 0 spiro atoms. The Bertz CT molecular complexity index is 1160. The first-order chi connectivity index (χ1) is 24.7. The Morgan fingerprint density at radius 1 is 0.647 bits per heavy atom. The van der Waals surface area contributed by atoms with E-state index in [4.69, 9.17) is 24.0 Å². The summed E-state index contributed by atoms with van der Waals surface area (Å²) in [6.45, 7) is 3.41. The lowest BCUT2D eigenvalue weighted by Gasteiger charge is -2.18. The molecule has 0 amide bonds. The van der Waals surface area contributed by atoms with Gasteiger partial charge < -0.3 is 24.0 Å². The lowest BCUT2D eigenvalue weighted by molar-refractivity contribution is -0.161. The second kappa shape index (κ2) is 31.9. The average molecular weight is 733 g/mol. The summed E-state index contributed by atoms with van der Waals surface area (Å²) in [5.41, 5.74) is 0. The summed E-state index contributed by atoms with van der Waals surface area (Å²) in [5, 5.41) is 0. The minimum Gasteiger partial charge on any atom is -0.462 e. The van der Waals surface area contributed by atoms with Crippen LogP contribution in [0.25, 0.3) is 0 Å². The molecular formula is C41H65O9P. The van der Waals surface area contributed by atoms with Crippen LogP contribution >= 0.6 is 7.82 Å². The van der Waals surface area contributed by atoms with E-state index in [0.29, 0.717) is 12.8 Å². The number of carbonyl (C=O) groups excluding carboxylic acids is 2. The first kappa shape index (κ1) is 46.2. The number of hydrogen-bond donors (Lipinski definition) is 2. The number of carbonyl (C=O) groups is 2. The van der Waals surface area contributed by atoms with Crippen LogP contribution in [0.3, 0.4) is 0 Å². The summed E-state index contributed by atoms with van der Waals surface area (Å²) in [4.78, 5) is 42.8. The quantitative estimate of drug-likeness (QED) is 0.0228. The second-order valence-corrected chi connectivity index (χ2v) is 13.8. The van der Waals surface area contributed by atoms with Gasteiger partial charge in [-0.05, 0) is 89.9 Å². The molecule has 288 valence electrons. The van der Waals surface area contributed by atoms with E-state index >= 15 is 0 Å². The number of esters is 2. The van der Waals surface area contributed by atoms with E-state index in [1.165, 1.54) is 19.3 Å². The van der Waals surface area contributed by atoms with Crippen molar-refractivity contribution in [2.24, 2.45) is 0 Å². The van der Waals surface area contributed by atoms with Crippen molar-refractivity contribution in [2.75, 3.05) is 13.2 Å². The van der Waals surface area contributed by atoms with Gasteiger partial charge in [-0.2, -0.15) is 0 Å². The molecule has 1 heterocycles. The maximum atomic E-state index is 12.4. The highest BCUT2D eigenvalue weighted by molar-refractivity contribution is 7.46. The first-order valence-corrected chi connectivity index (χ1v) is 20.5. The molecule has 0 radical (unpaired) electrons. The molecule has 1 fully saturated rings. The number of phosphoric ester groups is 1.